The lowest BCUT2D eigenvalue weighted by Crippen LogP contribution is -2.30. The summed E-state index contributed by atoms with van der Waals surface area (Å²) in [6, 6.07) is 12.0. The van der Waals surface area contributed by atoms with Crippen LogP contribution in [0.2, 0.25) is 0 Å². The molecule has 25 heavy (non-hydrogen) atoms. The first-order valence-electron chi connectivity index (χ1n) is 7.60. The van der Waals surface area contributed by atoms with Crippen molar-refractivity contribution in [2.24, 2.45) is 0 Å². The molecule has 2 aromatic carbocycles. The van der Waals surface area contributed by atoms with Gasteiger partial charge in [-0.25, -0.2) is 0 Å². The Kier molecular flexibility index (Phi) is 5.23. The standard InChI is InChI=1S/C18H16BrNO5/c1-23-16(21)9-14(11-4-2-5-12(19)8-11)20-18(22)13-6-3-7-15-17(13)25-10-24-15/h2-8,14H,9-10H2,1H3,(H,20,22). The molecule has 130 valence electrons. The van der Waals surface area contributed by atoms with Crippen LogP contribution in [0.5, 0.6) is 11.5 Å². The fraction of sp³-hybridized carbons (Fsp3) is 0.222. The van der Waals surface area contributed by atoms with E-state index < -0.39 is 12.0 Å². The highest BCUT2D eigenvalue weighted by Gasteiger charge is 2.25. The maximum Gasteiger partial charge on any atom is 0.307 e. The van der Waals surface area contributed by atoms with Crippen LogP contribution in [0.1, 0.15) is 28.4 Å². The Labute approximate surface area is 153 Å². The van der Waals surface area contributed by atoms with Gasteiger partial charge in [-0.2, -0.15) is 0 Å². The molecule has 0 bridgehead atoms. The Morgan fingerprint density at radius 1 is 1.24 bits per heavy atom. The van der Waals surface area contributed by atoms with Gasteiger partial charge < -0.3 is 19.5 Å². The smallest absolute Gasteiger partial charge is 0.307 e. The van der Waals surface area contributed by atoms with E-state index in [2.05, 4.69) is 21.2 Å². The number of hydrogen-bond donors (Lipinski definition) is 1. The van der Waals surface area contributed by atoms with Crippen molar-refractivity contribution in [3.8, 4) is 11.5 Å². The van der Waals surface area contributed by atoms with Crippen LogP contribution in [0.25, 0.3) is 0 Å². The van der Waals surface area contributed by atoms with Crippen LogP contribution >= 0.6 is 15.9 Å². The average molecular weight is 406 g/mol. The van der Waals surface area contributed by atoms with Crippen molar-refractivity contribution in [3.63, 3.8) is 0 Å². The molecule has 0 fully saturated rings. The monoisotopic (exact) mass is 405 g/mol. The molecule has 0 aliphatic carbocycles. The van der Waals surface area contributed by atoms with E-state index >= 15 is 0 Å². The number of nitrogens with one attached hydrogen (secondary N) is 1. The highest BCUT2D eigenvalue weighted by atomic mass is 79.9. The topological polar surface area (TPSA) is 73.9 Å². The van der Waals surface area contributed by atoms with Crippen LogP contribution in [0.15, 0.2) is 46.9 Å². The SMILES string of the molecule is COC(=O)CC(NC(=O)c1cccc2c1OCO2)c1cccc(Br)c1. The summed E-state index contributed by atoms with van der Waals surface area (Å²) in [4.78, 5) is 24.5. The number of para-hydroxylation sites is 1. The number of carbonyl (C=O) groups is 2. The third-order valence-electron chi connectivity index (χ3n) is 3.80. The molecule has 1 unspecified atom stereocenters. The summed E-state index contributed by atoms with van der Waals surface area (Å²) in [6.45, 7) is 0.0802. The van der Waals surface area contributed by atoms with Crippen molar-refractivity contribution in [1.29, 1.82) is 0 Å². The molecule has 6 nitrogen and oxygen atoms in total. The number of hydrogen-bond acceptors (Lipinski definition) is 5. The van der Waals surface area contributed by atoms with Crippen LogP contribution in [0, 0.1) is 0 Å². The molecule has 1 aliphatic heterocycles. The normalized spacial score (nSPS) is 13.2. The Morgan fingerprint density at radius 2 is 2.04 bits per heavy atom. The second-order valence-corrected chi connectivity index (χ2v) is 6.32. The van der Waals surface area contributed by atoms with E-state index in [-0.39, 0.29) is 19.1 Å². The highest BCUT2D eigenvalue weighted by Crippen LogP contribution is 2.35. The van der Waals surface area contributed by atoms with Crippen molar-refractivity contribution in [2.75, 3.05) is 13.9 Å². The summed E-state index contributed by atoms with van der Waals surface area (Å²) in [5.74, 6) is 0.171. The van der Waals surface area contributed by atoms with Crippen LogP contribution in [-0.4, -0.2) is 25.8 Å². The first-order valence-corrected chi connectivity index (χ1v) is 8.39. The number of fused-ring (bicyclic) bond motifs is 1. The molecule has 0 radical (unpaired) electrons. The zero-order valence-electron chi connectivity index (χ0n) is 13.5. The molecular weight excluding hydrogens is 390 g/mol. The quantitative estimate of drug-likeness (QED) is 0.773. The number of ether oxygens (including phenoxy) is 3. The molecule has 1 aliphatic rings. The van der Waals surface area contributed by atoms with Gasteiger partial charge in [0.2, 0.25) is 6.79 Å². The summed E-state index contributed by atoms with van der Waals surface area (Å²) >= 11 is 3.40. The van der Waals surface area contributed by atoms with Gasteiger partial charge in [0.1, 0.15) is 0 Å². The van der Waals surface area contributed by atoms with Crippen LogP contribution in [-0.2, 0) is 9.53 Å². The summed E-state index contributed by atoms with van der Waals surface area (Å²) < 4.78 is 16.3. The molecule has 0 aromatic heterocycles. The Hall–Kier alpha value is -2.54. The number of methoxy groups -OCH3 is 1. The maximum atomic E-state index is 12.7. The highest BCUT2D eigenvalue weighted by molar-refractivity contribution is 9.10. The molecule has 0 spiro atoms. The fourth-order valence-electron chi connectivity index (χ4n) is 2.57. The number of halogens is 1. The number of carbonyl (C=O) groups excluding carboxylic acids is 2. The summed E-state index contributed by atoms with van der Waals surface area (Å²) in [5.41, 5.74) is 1.15. The van der Waals surface area contributed by atoms with Gasteiger partial charge in [0, 0.05) is 4.47 Å². The largest absolute Gasteiger partial charge is 0.469 e. The minimum absolute atomic E-state index is 0.0189. The van der Waals surface area contributed by atoms with Crippen LogP contribution in [0.3, 0.4) is 0 Å². The van der Waals surface area contributed by atoms with Crippen LogP contribution < -0.4 is 14.8 Å². The predicted octanol–water partition coefficient (Wildman–Crippen LogP) is 3.21. The van der Waals surface area contributed by atoms with Gasteiger partial charge in [0.25, 0.3) is 5.91 Å². The second-order valence-electron chi connectivity index (χ2n) is 5.40. The lowest BCUT2D eigenvalue weighted by molar-refractivity contribution is -0.141. The van der Waals surface area contributed by atoms with E-state index in [1.807, 2.05) is 24.3 Å². The molecule has 2 aromatic rings. The van der Waals surface area contributed by atoms with E-state index in [9.17, 15) is 9.59 Å². The van der Waals surface area contributed by atoms with E-state index in [0.29, 0.717) is 17.1 Å². The molecular formula is C18H16BrNO5. The van der Waals surface area contributed by atoms with Crippen molar-refractivity contribution in [2.45, 2.75) is 12.5 Å². The van der Waals surface area contributed by atoms with Gasteiger partial charge in [-0.15, -0.1) is 0 Å². The third kappa shape index (κ3) is 3.93. The van der Waals surface area contributed by atoms with Crippen molar-refractivity contribution in [3.05, 3.63) is 58.1 Å². The number of esters is 1. The van der Waals surface area contributed by atoms with E-state index in [1.54, 1.807) is 18.2 Å². The molecule has 1 amide bonds. The molecule has 1 atom stereocenters. The van der Waals surface area contributed by atoms with Gasteiger partial charge in [-0.1, -0.05) is 34.1 Å². The summed E-state index contributed by atoms with van der Waals surface area (Å²) in [7, 11) is 1.32. The van der Waals surface area contributed by atoms with E-state index in [1.165, 1.54) is 7.11 Å². The minimum Gasteiger partial charge on any atom is -0.469 e. The van der Waals surface area contributed by atoms with Gasteiger partial charge in [-0.05, 0) is 29.8 Å². The summed E-state index contributed by atoms with van der Waals surface area (Å²) in [6.07, 6.45) is 0.0189. The average Bonchev–Trinajstić information content (AvgIpc) is 3.09. The van der Waals surface area contributed by atoms with Gasteiger partial charge in [-0.3, -0.25) is 9.59 Å². The molecule has 1 heterocycles. The molecule has 1 N–H and O–H groups in total. The molecule has 0 saturated heterocycles. The van der Waals surface area contributed by atoms with Crippen molar-refractivity contribution < 1.29 is 23.8 Å². The molecule has 7 heteroatoms. The van der Waals surface area contributed by atoms with Crippen molar-refractivity contribution in [1.82, 2.24) is 5.32 Å². The first-order chi connectivity index (χ1) is 12.1. The van der Waals surface area contributed by atoms with Crippen LogP contribution in [0.4, 0.5) is 0 Å². The number of amides is 1. The predicted molar refractivity (Wildman–Crippen MR) is 93.5 cm³/mol. The van der Waals surface area contributed by atoms with E-state index in [4.69, 9.17) is 14.2 Å². The maximum absolute atomic E-state index is 12.7. The van der Waals surface area contributed by atoms with Gasteiger partial charge in [0.05, 0.1) is 25.1 Å². The zero-order valence-corrected chi connectivity index (χ0v) is 15.0. The molecule has 0 saturated carbocycles. The lowest BCUT2D eigenvalue weighted by Gasteiger charge is -2.19. The Bertz CT molecular complexity index is 808. The second kappa shape index (κ2) is 7.57. The fourth-order valence-corrected chi connectivity index (χ4v) is 2.99. The number of benzene rings is 2. The first kappa shape index (κ1) is 17.3. The van der Waals surface area contributed by atoms with Gasteiger partial charge in [0.15, 0.2) is 11.5 Å². The summed E-state index contributed by atoms with van der Waals surface area (Å²) in [5, 5.41) is 2.88. The number of rotatable bonds is 5. The van der Waals surface area contributed by atoms with E-state index in [0.717, 1.165) is 10.0 Å². The third-order valence-corrected chi connectivity index (χ3v) is 4.29. The Morgan fingerprint density at radius 3 is 2.80 bits per heavy atom. The minimum atomic E-state index is -0.532. The van der Waals surface area contributed by atoms with Crippen molar-refractivity contribution >= 4 is 27.8 Å². The van der Waals surface area contributed by atoms with Gasteiger partial charge >= 0.3 is 5.97 Å². The lowest BCUT2D eigenvalue weighted by atomic mass is 10.0. The Balaban J connectivity index is 1.86. The molecule has 3 rings (SSSR count). The zero-order chi connectivity index (χ0) is 17.8.